The Morgan fingerprint density at radius 2 is 0.592 bits per heavy atom. The lowest BCUT2D eigenvalue weighted by Crippen LogP contribution is -2.38. The first-order chi connectivity index (χ1) is 34.7. The van der Waals surface area contributed by atoms with E-state index in [2.05, 4.69) is 72.4 Å². The van der Waals surface area contributed by atoms with E-state index in [4.69, 9.17) is 9.47 Å². The van der Waals surface area contributed by atoms with Crippen LogP contribution in [0.4, 0.5) is 9.59 Å². The van der Waals surface area contributed by atoms with Gasteiger partial charge in [0.05, 0.1) is 0 Å². The maximum atomic E-state index is 13.9. The predicted molar refractivity (Wildman–Crippen MR) is 311 cm³/mol. The molecular weight excluding hydrogens is 877 g/mol. The van der Waals surface area contributed by atoms with Gasteiger partial charge in [0.1, 0.15) is 13.2 Å². The molecule has 0 aliphatic carbocycles. The first kappa shape index (κ1) is 69.5. The van der Waals surface area contributed by atoms with Crippen LogP contribution in [0.2, 0.25) is 0 Å². The van der Waals surface area contributed by atoms with E-state index < -0.39 is 0 Å². The maximum Gasteiger partial charge on any atom is 0.409 e. The van der Waals surface area contributed by atoms with E-state index in [-0.39, 0.29) is 12.2 Å². The highest BCUT2D eigenvalue weighted by Gasteiger charge is 2.22. The lowest BCUT2D eigenvalue weighted by molar-refractivity contribution is 0.0730. The van der Waals surface area contributed by atoms with Crippen molar-refractivity contribution >= 4 is 12.2 Å². The first-order valence-electron chi connectivity index (χ1n) is 31.9. The third-order valence-corrected chi connectivity index (χ3v) is 15.4. The van der Waals surface area contributed by atoms with Gasteiger partial charge in [0.15, 0.2) is 0 Å². The number of hydrogen-bond acceptors (Lipinski definition) is 6. The van der Waals surface area contributed by atoms with Gasteiger partial charge in [0, 0.05) is 39.3 Å². The Kier molecular flexibility index (Phi) is 52.1. The highest BCUT2D eigenvalue weighted by molar-refractivity contribution is 5.68. The molecule has 0 heterocycles. The molecule has 0 aliphatic heterocycles. The van der Waals surface area contributed by atoms with Gasteiger partial charge in [-0.1, -0.05) is 254 Å². The molecule has 0 aliphatic rings. The summed E-state index contributed by atoms with van der Waals surface area (Å²) in [5, 5.41) is 0. The molecule has 8 nitrogen and oxygen atoms in total. The summed E-state index contributed by atoms with van der Waals surface area (Å²) in [4.78, 5) is 35.9. The van der Waals surface area contributed by atoms with Crippen LogP contribution in [0.15, 0.2) is 0 Å². The molecule has 0 bridgehead atoms. The summed E-state index contributed by atoms with van der Waals surface area (Å²) < 4.78 is 12.1. The molecule has 8 heteroatoms. The van der Waals surface area contributed by atoms with Crippen LogP contribution >= 0.6 is 0 Å². The number of unbranched alkanes of at least 4 members (excludes halogenated alkanes) is 23. The van der Waals surface area contributed by atoms with Crippen molar-refractivity contribution in [3.63, 3.8) is 0 Å². The van der Waals surface area contributed by atoms with Gasteiger partial charge in [0.2, 0.25) is 0 Å². The number of hydrogen-bond donors (Lipinski definition) is 0. The zero-order valence-corrected chi connectivity index (χ0v) is 49.8. The average Bonchev–Trinajstić information content (AvgIpc) is 3.35. The lowest BCUT2D eigenvalue weighted by Gasteiger charge is -2.28. The summed E-state index contributed by atoms with van der Waals surface area (Å²) in [5.74, 6) is 2.62. The van der Waals surface area contributed by atoms with Crippen molar-refractivity contribution in [1.82, 2.24) is 19.6 Å². The van der Waals surface area contributed by atoms with Gasteiger partial charge in [-0.3, -0.25) is 4.90 Å². The molecule has 0 unspecified atom stereocenters. The van der Waals surface area contributed by atoms with E-state index in [1.54, 1.807) is 0 Å². The van der Waals surface area contributed by atoms with E-state index in [1.807, 2.05) is 9.80 Å². The molecule has 0 radical (unpaired) electrons. The number of amides is 2. The van der Waals surface area contributed by atoms with Crippen LogP contribution in [0.5, 0.6) is 0 Å². The van der Waals surface area contributed by atoms with Gasteiger partial charge in [-0.05, 0) is 89.9 Å². The summed E-state index contributed by atoms with van der Waals surface area (Å²) in [6.07, 6.45) is 49.8. The van der Waals surface area contributed by atoms with Crippen LogP contribution in [0, 0.1) is 17.8 Å². The summed E-state index contributed by atoms with van der Waals surface area (Å²) in [6.45, 7) is 23.2. The van der Waals surface area contributed by atoms with Crippen LogP contribution in [0.25, 0.3) is 0 Å². The van der Waals surface area contributed by atoms with Gasteiger partial charge in [-0.15, -0.1) is 0 Å². The third-order valence-electron chi connectivity index (χ3n) is 15.4. The van der Waals surface area contributed by atoms with Gasteiger partial charge in [0.25, 0.3) is 0 Å². The number of rotatable bonds is 55. The molecule has 0 saturated heterocycles. The van der Waals surface area contributed by atoms with E-state index >= 15 is 0 Å². The van der Waals surface area contributed by atoms with Gasteiger partial charge in [-0.2, -0.15) is 0 Å². The fourth-order valence-electron chi connectivity index (χ4n) is 10.8. The largest absolute Gasteiger partial charge is 0.448 e. The molecule has 0 aromatic carbocycles. The van der Waals surface area contributed by atoms with Crippen molar-refractivity contribution in [3.8, 4) is 0 Å². The molecule has 0 N–H and O–H groups in total. The molecule has 0 atom stereocenters. The fourth-order valence-corrected chi connectivity index (χ4v) is 10.8. The summed E-state index contributed by atoms with van der Waals surface area (Å²) >= 11 is 0. The minimum absolute atomic E-state index is 0.145. The number of ether oxygens (including phenoxy) is 2. The van der Waals surface area contributed by atoms with Crippen LogP contribution in [0.3, 0.4) is 0 Å². The molecule has 0 spiro atoms. The van der Waals surface area contributed by atoms with Crippen LogP contribution in [0.1, 0.15) is 299 Å². The second-order valence-corrected chi connectivity index (χ2v) is 22.7. The zero-order chi connectivity index (χ0) is 52.3. The summed E-state index contributed by atoms with van der Waals surface area (Å²) in [5.41, 5.74) is 0. The van der Waals surface area contributed by atoms with Crippen molar-refractivity contribution < 1.29 is 19.1 Å². The summed E-state index contributed by atoms with van der Waals surface area (Å²) in [6, 6.07) is 0. The molecule has 2 amide bonds. The Morgan fingerprint density at radius 3 is 0.944 bits per heavy atom. The second kappa shape index (κ2) is 53.3. The third kappa shape index (κ3) is 44.5. The van der Waals surface area contributed by atoms with E-state index in [0.29, 0.717) is 26.3 Å². The van der Waals surface area contributed by atoms with Crippen LogP contribution in [-0.4, -0.2) is 111 Å². The fraction of sp³-hybridized carbons (Fsp3) is 0.968. The molecular formula is C63H128N4O4. The van der Waals surface area contributed by atoms with E-state index in [0.717, 1.165) is 95.5 Å². The molecule has 71 heavy (non-hydrogen) atoms. The second-order valence-electron chi connectivity index (χ2n) is 22.7. The Bertz CT molecular complexity index is 1060. The smallest absolute Gasteiger partial charge is 0.409 e. The Balaban J connectivity index is 5.75. The Labute approximate surface area is 445 Å². The normalized spacial score (nSPS) is 11.9. The topological polar surface area (TPSA) is 65.6 Å². The average molecular weight is 1010 g/mol. The number of carbonyl (C=O) groups is 2. The zero-order valence-electron chi connectivity index (χ0n) is 49.8. The van der Waals surface area contributed by atoms with Crippen LogP contribution in [-0.2, 0) is 9.47 Å². The molecule has 0 rings (SSSR count). The molecule has 0 saturated carbocycles. The molecule has 0 fully saturated rings. The monoisotopic (exact) mass is 1000 g/mol. The SMILES string of the molecule is CCCCCCCCN(CCCCCC)C(=O)OCCN(CCCN(C)C)CCOC(=O)N(CCCCCCCC)CCCCCC(CC(CCCCC)CCCCC)CC(CCCCC)CCCCC. The van der Waals surface area contributed by atoms with Gasteiger partial charge < -0.3 is 24.2 Å². The molecule has 424 valence electrons. The van der Waals surface area contributed by atoms with Crippen molar-refractivity contribution in [1.29, 1.82) is 0 Å². The summed E-state index contributed by atoms with van der Waals surface area (Å²) in [7, 11) is 4.23. The standard InChI is InChI=1S/C63H128N4O4/c1-10-17-24-27-29-38-50-66(49-37-26-19-12-3)62(68)70-55-53-65(48-41-47-64(8)9)54-56-71-63(69)67(51-39-30-28-25-18-11-2)52-40-31-36-46-61(57-59(42-32-20-13-4)43-33-21-14-5)58-60(44-34-22-15-6)45-35-23-16-7/h59-61H,10-58H2,1-9H3. The van der Waals surface area contributed by atoms with E-state index in [9.17, 15) is 9.59 Å². The van der Waals surface area contributed by atoms with Crippen LogP contribution < -0.4 is 0 Å². The van der Waals surface area contributed by atoms with Crippen molar-refractivity contribution in [2.75, 3.05) is 79.7 Å². The number of nitrogens with zero attached hydrogens (tertiary/aromatic N) is 4. The van der Waals surface area contributed by atoms with E-state index in [1.165, 1.54) is 212 Å². The quantitative estimate of drug-likeness (QED) is 0.0566. The van der Waals surface area contributed by atoms with Crippen molar-refractivity contribution in [2.24, 2.45) is 17.8 Å². The van der Waals surface area contributed by atoms with Gasteiger partial charge >= 0.3 is 12.2 Å². The highest BCUT2D eigenvalue weighted by Crippen LogP contribution is 2.34. The first-order valence-corrected chi connectivity index (χ1v) is 31.9. The Hall–Kier alpha value is -1.54. The van der Waals surface area contributed by atoms with Crippen molar-refractivity contribution in [2.45, 2.75) is 299 Å². The lowest BCUT2D eigenvalue weighted by atomic mass is 9.78. The maximum absolute atomic E-state index is 13.9. The molecule has 0 aromatic heterocycles. The minimum atomic E-state index is -0.168. The number of carbonyl (C=O) groups excluding carboxylic acids is 2. The highest BCUT2D eigenvalue weighted by atomic mass is 16.6. The predicted octanol–water partition coefficient (Wildman–Crippen LogP) is 18.9. The minimum Gasteiger partial charge on any atom is -0.448 e. The van der Waals surface area contributed by atoms with Gasteiger partial charge in [-0.25, -0.2) is 9.59 Å². The van der Waals surface area contributed by atoms with Crippen molar-refractivity contribution in [3.05, 3.63) is 0 Å². The Morgan fingerprint density at radius 1 is 0.310 bits per heavy atom. The molecule has 0 aromatic rings.